The molecule has 0 saturated heterocycles. The maximum absolute atomic E-state index is 9.92. The lowest BCUT2D eigenvalue weighted by atomic mass is 10.1. The van der Waals surface area contributed by atoms with Crippen molar-refractivity contribution >= 4 is 0 Å². The average Bonchev–Trinajstić information content (AvgIpc) is 2.46. The number of hydrogen-bond donors (Lipinski definition) is 2. The zero-order chi connectivity index (χ0) is 15.5. The van der Waals surface area contributed by atoms with E-state index >= 15 is 0 Å². The van der Waals surface area contributed by atoms with Crippen LogP contribution in [0, 0.1) is 0 Å². The molecule has 0 bridgehead atoms. The van der Waals surface area contributed by atoms with Crippen LogP contribution in [0.25, 0.3) is 0 Å². The van der Waals surface area contributed by atoms with Gasteiger partial charge < -0.3 is 20.1 Å². The highest BCUT2D eigenvalue weighted by atomic mass is 16.5. The van der Waals surface area contributed by atoms with Gasteiger partial charge in [0.1, 0.15) is 18.5 Å². The summed E-state index contributed by atoms with van der Waals surface area (Å²) >= 11 is 0. The van der Waals surface area contributed by atoms with Gasteiger partial charge in [-0.15, -0.1) is 6.58 Å². The summed E-state index contributed by atoms with van der Waals surface area (Å²) in [5.41, 5.74) is 1.10. The smallest absolute Gasteiger partial charge is 0.122 e. The Morgan fingerprint density at radius 2 is 2.14 bits per heavy atom. The second-order valence-electron chi connectivity index (χ2n) is 5.43. The van der Waals surface area contributed by atoms with Crippen LogP contribution in [0.2, 0.25) is 0 Å². The second-order valence-corrected chi connectivity index (χ2v) is 5.43. The van der Waals surface area contributed by atoms with Gasteiger partial charge in [0.25, 0.3) is 0 Å². The summed E-state index contributed by atoms with van der Waals surface area (Å²) in [5, 5.41) is 13.2. The van der Waals surface area contributed by atoms with Gasteiger partial charge in [0.05, 0.1) is 0 Å². The largest absolute Gasteiger partial charge is 0.491 e. The molecule has 0 heterocycles. The van der Waals surface area contributed by atoms with E-state index in [1.54, 1.807) is 0 Å². The maximum Gasteiger partial charge on any atom is 0.122 e. The van der Waals surface area contributed by atoms with E-state index in [0.29, 0.717) is 13.2 Å². The Balaban J connectivity index is 2.23. The van der Waals surface area contributed by atoms with E-state index < -0.39 is 6.10 Å². The first kappa shape index (κ1) is 17.7. The fourth-order valence-electron chi connectivity index (χ4n) is 2.00. The standard InChI is InChI=1S/C17H28N2O2/c1-4-8-15-9-5-6-10-17(15)21-14-16(20)13-18-11-7-12-19(2)3/h4-6,9-10,16,18,20H,1,7-8,11-14H2,2-3H3. The molecule has 0 spiro atoms. The highest BCUT2D eigenvalue weighted by Crippen LogP contribution is 2.18. The van der Waals surface area contributed by atoms with Gasteiger partial charge in [0, 0.05) is 6.54 Å². The minimum atomic E-state index is -0.499. The van der Waals surface area contributed by atoms with E-state index in [0.717, 1.165) is 37.2 Å². The topological polar surface area (TPSA) is 44.7 Å². The molecule has 0 saturated carbocycles. The van der Waals surface area contributed by atoms with E-state index in [-0.39, 0.29) is 0 Å². The molecule has 4 heteroatoms. The number of aliphatic hydroxyl groups excluding tert-OH is 1. The Bertz CT molecular complexity index is 408. The summed E-state index contributed by atoms with van der Waals surface area (Å²) in [4.78, 5) is 2.15. The van der Waals surface area contributed by atoms with E-state index in [2.05, 4.69) is 30.9 Å². The molecule has 0 fully saturated rings. The third-order valence-electron chi connectivity index (χ3n) is 3.11. The SMILES string of the molecule is C=CCc1ccccc1OCC(O)CNCCCN(C)C. The lowest BCUT2D eigenvalue weighted by Gasteiger charge is -2.15. The molecule has 0 aliphatic carbocycles. The summed E-state index contributed by atoms with van der Waals surface area (Å²) in [5.74, 6) is 0.823. The van der Waals surface area contributed by atoms with Crippen LogP contribution in [0.5, 0.6) is 5.75 Å². The van der Waals surface area contributed by atoms with Gasteiger partial charge in [-0.25, -0.2) is 0 Å². The van der Waals surface area contributed by atoms with Crippen molar-refractivity contribution in [2.24, 2.45) is 0 Å². The molecular weight excluding hydrogens is 264 g/mol. The molecule has 1 atom stereocenters. The fourth-order valence-corrected chi connectivity index (χ4v) is 2.00. The Kier molecular flexibility index (Phi) is 8.74. The number of para-hydroxylation sites is 1. The van der Waals surface area contributed by atoms with Crippen molar-refractivity contribution in [2.45, 2.75) is 18.9 Å². The van der Waals surface area contributed by atoms with Crippen LogP contribution >= 0.6 is 0 Å². The predicted octanol–water partition coefficient (Wildman–Crippen LogP) is 1.70. The van der Waals surface area contributed by atoms with Crippen LogP contribution in [0.15, 0.2) is 36.9 Å². The lowest BCUT2D eigenvalue weighted by Crippen LogP contribution is -2.33. The molecule has 118 valence electrons. The molecule has 1 unspecified atom stereocenters. The van der Waals surface area contributed by atoms with Gasteiger partial charge in [-0.3, -0.25) is 0 Å². The van der Waals surface area contributed by atoms with Crippen LogP contribution in [0.4, 0.5) is 0 Å². The van der Waals surface area contributed by atoms with Crippen molar-refractivity contribution in [2.75, 3.05) is 40.3 Å². The summed E-state index contributed by atoms with van der Waals surface area (Å²) in [7, 11) is 4.12. The van der Waals surface area contributed by atoms with E-state index in [1.807, 2.05) is 30.3 Å². The molecule has 1 rings (SSSR count). The molecule has 0 aliphatic rings. The first-order valence-electron chi connectivity index (χ1n) is 7.48. The molecular formula is C17H28N2O2. The van der Waals surface area contributed by atoms with Gasteiger partial charge >= 0.3 is 0 Å². The minimum Gasteiger partial charge on any atom is -0.491 e. The second kappa shape index (κ2) is 10.4. The number of rotatable bonds is 11. The van der Waals surface area contributed by atoms with E-state index in [4.69, 9.17) is 4.74 Å². The number of benzene rings is 1. The summed E-state index contributed by atoms with van der Waals surface area (Å²) in [6.45, 7) is 6.55. The van der Waals surface area contributed by atoms with Crippen molar-refractivity contribution in [3.05, 3.63) is 42.5 Å². The van der Waals surface area contributed by atoms with Crippen LogP contribution < -0.4 is 10.1 Å². The molecule has 0 amide bonds. The number of nitrogens with zero attached hydrogens (tertiary/aromatic N) is 1. The van der Waals surface area contributed by atoms with Crippen molar-refractivity contribution in [3.8, 4) is 5.75 Å². The van der Waals surface area contributed by atoms with Crippen LogP contribution in [0.3, 0.4) is 0 Å². The number of nitrogens with one attached hydrogen (secondary N) is 1. The van der Waals surface area contributed by atoms with Crippen molar-refractivity contribution in [3.63, 3.8) is 0 Å². The zero-order valence-electron chi connectivity index (χ0n) is 13.2. The van der Waals surface area contributed by atoms with Crippen LogP contribution in [0.1, 0.15) is 12.0 Å². The van der Waals surface area contributed by atoms with Crippen LogP contribution in [-0.4, -0.2) is 56.4 Å². The first-order chi connectivity index (χ1) is 10.1. The van der Waals surface area contributed by atoms with Gasteiger partial charge in [0.15, 0.2) is 0 Å². The molecule has 2 N–H and O–H groups in total. The Hall–Kier alpha value is -1.36. The number of aliphatic hydroxyl groups is 1. The molecule has 0 aliphatic heterocycles. The molecule has 0 aromatic heterocycles. The Morgan fingerprint density at radius 1 is 1.38 bits per heavy atom. The first-order valence-corrected chi connectivity index (χ1v) is 7.48. The van der Waals surface area contributed by atoms with Gasteiger partial charge in [-0.2, -0.15) is 0 Å². The molecule has 1 aromatic rings. The van der Waals surface area contributed by atoms with E-state index in [1.165, 1.54) is 0 Å². The van der Waals surface area contributed by atoms with Gasteiger partial charge in [-0.05, 0) is 51.7 Å². The zero-order valence-corrected chi connectivity index (χ0v) is 13.2. The minimum absolute atomic E-state index is 0.300. The van der Waals surface area contributed by atoms with Crippen molar-refractivity contribution < 1.29 is 9.84 Å². The van der Waals surface area contributed by atoms with Crippen molar-refractivity contribution in [1.82, 2.24) is 10.2 Å². The quantitative estimate of drug-likeness (QED) is 0.481. The fraction of sp³-hybridized carbons (Fsp3) is 0.529. The molecule has 4 nitrogen and oxygen atoms in total. The summed E-state index contributed by atoms with van der Waals surface area (Å²) in [6.07, 6.45) is 3.20. The third kappa shape index (κ3) is 7.85. The maximum atomic E-state index is 9.92. The predicted molar refractivity (Wildman–Crippen MR) is 87.9 cm³/mol. The number of allylic oxidation sites excluding steroid dienone is 1. The summed E-state index contributed by atoms with van der Waals surface area (Å²) < 4.78 is 5.70. The Labute approximate surface area is 128 Å². The highest BCUT2D eigenvalue weighted by Gasteiger charge is 2.07. The number of ether oxygens (including phenoxy) is 1. The molecule has 1 aromatic carbocycles. The average molecular weight is 292 g/mol. The normalized spacial score (nSPS) is 12.4. The third-order valence-corrected chi connectivity index (χ3v) is 3.11. The van der Waals surface area contributed by atoms with Crippen molar-refractivity contribution in [1.29, 1.82) is 0 Å². The summed E-state index contributed by atoms with van der Waals surface area (Å²) in [6, 6.07) is 7.86. The highest BCUT2D eigenvalue weighted by molar-refractivity contribution is 5.34. The number of hydrogen-bond acceptors (Lipinski definition) is 4. The van der Waals surface area contributed by atoms with Crippen LogP contribution in [-0.2, 0) is 6.42 Å². The molecule has 0 radical (unpaired) electrons. The van der Waals surface area contributed by atoms with Gasteiger partial charge in [-0.1, -0.05) is 24.3 Å². The van der Waals surface area contributed by atoms with Gasteiger partial charge in [0.2, 0.25) is 0 Å². The molecule has 21 heavy (non-hydrogen) atoms. The lowest BCUT2D eigenvalue weighted by molar-refractivity contribution is 0.106. The Morgan fingerprint density at radius 3 is 2.86 bits per heavy atom. The monoisotopic (exact) mass is 292 g/mol. The van der Waals surface area contributed by atoms with E-state index in [9.17, 15) is 5.11 Å².